The molecule has 2 nitrogen and oxygen atoms in total. The normalized spacial score (nSPS) is 13.4. The van der Waals surface area contributed by atoms with Crippen molar-refractivity contribution in [1.82, 2.24) is 0 Å². The molecule has 1 atom stereocenters. The number of hydrogen-bond donors (Lipinski definition) is 1. The van der Waals surface area contributed by atoms with Gasteiger partial charge < -0.3 is 5.11 Å². The molecule has 0 radical (unpaired) electrons. The molecule has 1 aromatic rings. The monoisotopic (exact) mass is 298 g/mol. The lowest BCUT2D eigenvalue weighted by molar-refractivity contribution is -0.136. The summed E-state index contributed by atoms with van der Waals surface area (Å²) in [5, 5.41) is 8.88. The molecule has 1 aromatic carbocycles. The minimum Gasteiger partial charge on any atom is -0.480 e. The van der Waals surface area contributed by atoms with Gasteiger partial charge in [-0.3, -0.25) is 4.79 Å². The third-order valence-electron chi connectivity index (χ3n) is 2.93. The summed E-state index contributed by atoms with van der Waals surface area (Å²) in [6, 6.07) is 10.3. The van der Waals surface area contributed by atoms with Crippen LogP contribution >= 0.6 is 15.9 Å². The van der Waals surface area contributed by atoms with Crippen LogP contribution < -0.4 is 0 Å². The molecule has 1 unspecified atom stereocenters. The Kier molecular flexibility index (Phi) is 5.19. The van der Waals surface area contributed by atoms with Crippen LogP contribution in [0.15, 0.2) is 30.3 Å². The van der Waals surface area contributed by atoms with Crippen LogP contribution in [0.1, 0.15) is 32.3 Å². The molecular weight excluding hydrogens is 280 g/mol. The molecule has 0 spiro atoms. The molecule has 0 amide bonds. The van der Waals surface area contributed by atoms with E-state index in [2.05, 4.69) is 41.9 Å². The Morgan fingerprint density at radius 2 is 1.94 bits per heavy atom. The first-order valence-electron chi connectivity index (χ1n) is 5.81. The zero-order valence-corrected chi connectivity index (χ0v) is 11.9. The minimum absolute atomic E-state index is 0.0302. The molecule has 0 saturated heterocycles. The van der Waals surface area contributed by atoms with Gasteiger partial charge in [0.15, 0.2) is 0 Å². The maximum atomic E-state index is 10.8. The Labute approximate surface area is 111 Å². The average molecular weight is 299 g/mol. The summed E-state index contributed by atoms with van der Waals surface area (Å²) < 4.78 is 0. The summed E-state index contributed by atoms with van der Waals surface area (Å²) in [4.78, 5) is 10.4. The van der Waals surface area contributed by atoms with Gasteiger partial charge in [0.05, 0.1) is 0 Å². The van der Waals surface area contributed by atoms with Gasteiger partial charge in [0.25, 0.3) is 0 Å². The largest absolute Gasteiger partial charge is 0.480 e. The van der Waals surface area contributed by atoms with E-state index in [-0.39, 0.29) is 5.41 Å². The summed E-state index contributed by atoms with van der Waals surface area (Å²) in [7, 11) is 0. The molecule has 17 heavy (non-hydrogen) atoms. The lowest BCUT2D eigenvalue weighted by atomic mass is 9.82. The van der Waals surface area contributed by atoms with Crippen LogP contribution in [0.2, 0.25) is 0 Å². The molecular formula is C14H19BrO2. The highest BCUT2D eigenvalue weighted by Crippen LogP contribution is 2.31. The van der Waals surface area contributed by atoms with Crippen molar-refractivity contribution in [2.24, 2.45) is 5.41 Å². The van der Waals surface area contributed by atoms with Gasteiger partial charge in [0.1, 0.15) is 4.83 Å². The fourth-order valence-electron chi connectivity index (χ4n) is 1.80. The lowest BCUT2D eigenvalue weighted by Gasteiger charge is -2.25. The third kappa shape index (κ3) is 5.35. The van der Waals surface area contributed by atoms with Gasteiger partial charge >= 0.3 is 5.97 Å². The van der Waals surface area contributed by atoms with E-state index in [0.717, 1.165) is 12.8 Å². The summed E-state index contributed by atoms with van der Waals surface area (Å²) in [5.74, 6) is -0.780. The first-order chi connectivity index (χ1) is 7.91. The van der Waals surface area contributed by atoms with Crippen LogP contribution in [0.3, 0.4) is 0 Å². The zero-order chi connectivity index (χ0) is 12.9. The van der Waals surface area contributed by atoms with Crippen molar-refractivity contribution >= 4 is 21.9 Å². The van der Waals surface area contributed by atoms with Crippen molar-refractivity contribution in [3.8, 4) is 0 Å². The van der Waals surface area contributed by atoms with Gasteiger partial charge in [-0.15, -0.1) is 0 Å². The highest BCUT2D eigenvalue weighted by molar-refractivity contribution is 9.10. The van der Waals surface area contributed by atoms with Gasteiger partial charge in [0.2, 0.25) is 0 Å². The summed E-state index contributed by atoms with van der Waals surface area (Å²) in [6.45, 7) is 4.24. The van der Waals surface area contributed by atoms with Gasteiger partial charge in [-0.05, 0) is 30.2 Å². The van der Waals surface area contributed by atoms with Crippen LogP contribution in [0.25, 0.3) is 0 Å². The van der Waals surface area contributed by atoms with Crippen molar-refractivity contribution in [2.75, 3.05) is 0 Å². The van der Waals surface area contributed by atoms with E-state index >= 15 is 0 Å². The fraction of sp³-hybridized carbons (Fsp3) is 0.500. The molecule has 0 aliphatic heterocycles. The standard InChI is InChI=1S/C14H19BrO2/c1-14(2,10-12(15)13(16)17)9-8-11-6-4-3-5-7-11/h3-7,12H,8-10H2,1-2H3,(H,16,17). The highest BCUT2D eigenvalue weighted by Gasteiger charge is 2.25. The van der Waals surface area contributed by atoms with E-state index in [1.165, 1.54) is 5.56 Å². The van der Waals surface area contributed by atoms with Gasteiger partial charge in [-0.25, -0.2) is 0 Å². The SMILES string of the molecule is CC(C)(CCc1ccccc1)CC(Br)C(=O)O. The molecule has 1 N–H and O–H groups in total. The number of halogens is 1. The third-order valence-corrected chi connectivity index (χ3v) is 3.65. The quantitative estimate of drug-likeness (QED) is 0.809. The van der Waals surface area contributed by atoms with Crippen LogP contribution in [0.5, 0.6) is 0 Å². The number of carboxylic acids is 1. The van der Waals surface area contributed by atoms with Crippen LogP contribution in [0.4, 0.5) is 0 Å². The van der Waals surface area contributed by atoms with Crippen molar-refractivity contribution in [3.63, 3.8) is 0 Å². The van der Waals surface area contributed by atoms with E-state index in [9.17, 15) is 4.79 Å². The lowest BCUT2D eigenvalue weighted by Crippen LogP contribution is -2.23. The fourth-order valence-corrected chi connectivity index (χ4v) is 2.68. The smallest absolute Gasteiger partial charge is 0.317 e. The van der Waals surface area contributed by atoms with Gasteiger partial charge in [0, 0.05) is 0 Å². The van der Waals surface area contributed by atoms with E-state index in [4.69, 9.17) is 5.11 Å². The number of rotatable bonds is 6. The molecule has 94 valence electrons. The Balaban J connectivity index is 2.47. The molecule has 0 fully saturated rings. The van der Waals surface area contributed by atoms with E-state index in [1.54, 1.807) is 0 Å². The predicted octanol–water partition coefficient (Wildman–Crippen LogP) is 3.88. The number of hydrogen-bond acceptors (Lipinski definition) is 1. The van der Waals surface area contributed by atoms with E-state index < -0.39 is 10.8 Å². The van der Waals surface area contributed by atoms with Crippen LogP contribution in [-0.4, -0.2) is 15.9 Å². The van der Waals surface area contributed by atoms with Crippen LogP contribution in [-0.2, 0) is 11.2 Å². The first kappa shape index (κ1) is 14.2. The second kappa shape index (κ2) is 6.20. The predicted molar refractivity (Wildman–Crippen MR) is 73.5 cm³/mol. The van der Waals surface area contributed by atoms with Gasteiger partial charge in [-0.1, -0.05) is 60.1 Å². The maximum absolute atomic E-state index is 10.8. The molecule has 0 bridgehead atoms. The number of carboxylic acid groups (broad SMARTS) is 1. The Hall–Kier alpha value is -0.830. The van der Waals surface area contributed by atoms with Crippen molar-refractivity contribution in [1.29, 1.82) is 0 Å². The summed E-state index contributed by atoms with van der Waals surface area (Å²) in [6.07, 6.45) is 2.63. The second-order valence-electron chi connectivity index (χ2n) is 5.16. The van der Waals surface area contributed by atoms with E-state index in [0.29, 0.717) is 6.42 Å². The molecule has 0 aromatic heterocycles. The number of aryl methyl sites for hydroxylation is 1. The Morgan fingerprint density at radius 1 is 1.35 bits per heavy atom. The number of benzene rings is 1. The average Bonchev–Trinajstić information content (AvgIpc) is 2.27. The molecule has 3 heteroatoms. The van der Waals surface area contributed by atoms with Crippen molar-refractivity contribution in [2.45, 2.75) is 37.9 Å². The van der Waals surface area contributed by atoms with Crippen molar-refractivity contribution < 1.29 is 9.90 Å². The summed E-state index contributed by atoms with van der Waals surface area (Å²) in [5.41, 5.74) is 1.34. The molecule has 0 heterocycles. The zero-order valence-electron chi connectivity index (χ0n) is 10.3. The Morgan fingerprint density at radius 3 is 2.47 bits per heavy atom. The second-order valence-corrected chi connectivity index (χ2v) is 6.27. The number of carbonyl (C=O) groups is 1. The summed E-state index contributed by atoms with van der Waals surface area (Å²) >= 11 is 3.20. The maximum Gasteiger partial charge on any atom is 0.317 e. The molecule has 0 saturated carbocycles. The first-order valence-corrected chi connectivity index (χ1v) is 6.73. The van der Waals surface area contributed by atoms with Crippen molar-refractivity contribution in [3.05, 3.63) is 35.9 Å². The Bertz CT molecular complexity index is 360. The van der Waals surface area contributed by atoms with Gasteiger partial charge in [-0.2, -0.15) is 0 Å². The van der Waals surface area contributed by atoms with Crippen LogP contribution in [0, 0.1) is 5.41 Å². The molecule has 0 aliphatic carbocycles. The van der Waals surface area contributed by atoms with E-state index in [1.807, 2.05) is 18.2 Å². The highest BCUT2D eigenvalue weighted by atomic mass is 79.9. The molecule has 0 aliphatic rings. The molecule has 1 rings (SSSR count). The minimum atomic E-state index is -0.780. The number of alkyl halides is 1. The topological polar surface area (TPSA) is 37.3 Å². The number of aliphatic carboxylic acids is 1.